The molecule has 0 bridgehead atoms. The van der Waals surface area contributed by atoms with E-state index in [1.54, 1.807) is 0 Å². The maximum Gasteiger partial charge on any atom is 0.350 e. The fraction of sp³-hybridized carbons (Fsp3) is 0.250. The first-order valence-electron chi connectivity index (χ1n) is 4.96. The lowest BCUT2D eigenvalue weighted by Crippen LogP contribution is -2.01. The summed E-state index contributed by atoms with van der Waals surface area (Å²) in [5, 5.41) is 4.15. The highest BCUT2D eigenvalue weighted by Crippen LogP contribution is 2.36. The van der Waals surface area contributed by atoms with E-state index in [-0.39, 0.29) is 5.97 Å². The first-order chi connectivity index (χ1) is 7.67. The molecule has 2 rings (SSSR count). The Balaban J connectivity index is 2.71. The number of hydrogen-bond donors (Lipinski definition) is 1. The van der Waals surface area contributed by atoms with Crippen molar-refractivity contribution in [3.05, 3.63) is 28.6 Å². The van der Waals surface area contributed by atoms with Gasteiger partial charge in [-0.3, -0.25) is 0 Å². The number of thiophene rings is 1. The standard InChI is InChI=1S/C12H13NO2S/c1-7-4-5-9-8(6-7)10(13-2)11(16-9)12(14)15-3/h4-6,13H,1-3H3. The van der Waals surface area contributed by atoms with Crippen LogP contribution in [0.2, 0.25) is 0 Å². The molecular formula is C12H13NO2S. The van der Waals surface area contributed by atoms with Crippen LogP contribution in [0.25, 0.3) is 10.1 Å². The number of fused-ring (bicyclic) bond motifs is 1. The van der Waals surface area contributed by atoms with Gasteiger partial charge in [-0.2, -0.15) is 0 Å². The highest BCUT2D eigenvalue weighted by molar-refractivity contribution is 7.21. The molecule has 0 amide bonds. The van der Waals surface area contributed by atoms with E-state index in [0.29, 0.717) is 4.88 Å². The fourth-order valence-corrected chi connectivity index (χ4v) is 2.80. The Morgan fingerprint density at radius 3 is 2.81 bits per heavy atom. The molecule has 16 heavy (non-hydrogen) atoms. The zero-order valence-corrected chi connectivity index (χ0v) is 10.3. The summed E-state index contributed by atoms with van der Waals surface area (Å²) in [5.41, 5.74) is 2.04. The van der Waals surface area contributed by atoms with Crippen LogP contribution in [0, 0.1) is 6.92 Å². The van der Waals surface area contributed by atoms with Crippen molar-refractivity contribution in [1.29, 1.82) is 0 Å². The van der Waals surface area contributed by atoms with E-state index in [0.717, 1.165) is 15.8 Å². The Bertz CT molecular complexity index is 545. The van der Waals surface area contributed by atoms with Gasteiger partial charge in [-0.05, 0) is 19.1 Å². The Morgan fingerprint density at radius 2 is 2.19 bits per heavy atom. The molecule has 0 aliphatic heterocycles. The van der Waals surface area contributed by atoms with Crippen molar-refractivity contribution in [2.75, 3.05) is 19.5 Å². The first-order valence-corrected chi connectivity index (χ1v) is 5.78. The van der Waals surface area contributed by atoms with E-state index >= 15 is 0 Å². The molecule has 0 atom stereocenters. The summed E-state index contributed by atoms with van der Waals surface area (Å²) in [6, 6.07) is 6.14. The minimum Gasteiger partial charge on any atom is -0.465 e. The Morgan fingerprint density at radius 1 is 1.44 bits per heavy atom. The van der Waals surface area contributed by atoms with E-state index < -0.39 is 0 Å². The smallest absolute Gasteiger partial charge is 0.350 e. The van der Waals surface area contributed by atoms with Crippen molar-refractivity contribution in [3.63, 3.8) is 0 Å². The van der Waals surface area contributed by atoms with Crippen LogP contribution in [-0.2, 0) is 4.74 Å². The Kier molecular flexibility index (Phi) is 2.83. The molecule has 84 valence electrons. The number of methoxy groups -OCH3 is 1. The summed E-state index contributed by atoms with van der Waals surface area (Å²) in [7, 11) is 3.22. The predicted molar refractivity (Wildman–Crippen MR) is 67.4 cm³/mol. The third kappa shape index (κ3) is 1.65. The summed E-state index contributed by atoms with van der Waals surface area (Å²) in [6.45, 7) is 2.04. The van der Waals surface area contributed by atoms with Crippen molar-refractivity contribution < 1.29 is 9.53 Å². The van der Waals surface area contributed by atoms with Gasteiger partial charge < -0.3 is 10.1 Å². The first kappa shape index (κ1) is 11.0. The van der Waals surface area contributed by atoms with Crippen LogP contribution in [0.3, 0.4) is 0 Å². The second-order valence-electron chi connectivity index (χ2n) is 3.55. The quantitative estimate of drug-likeness (QED) is 0.813. The number of benzene rings is 1. The van der Waals surface area contributed by atoms with E-state index in [4.69, 9.17) is 4.74 Å². The zero-order valence-electron chi connectivity index (χ0n) is 9.46. The average molecular weight is 235 g/mol. The lowest BCUT2D eigenvalue weighted by molar-refractivity contribution is 0.0607. The van der Waals surface area contributed by atoms with Crippen LogP contribution in [0.5, 0.6) is 0 Å². The third-order valence-corrected chi connectivity index (χ3v) is 3.62. The SMILES string of the molecule is CNc1c(C(=O)OC)sc2ccc(C)cc12. The van der Waals surface area contributed by atoms with Gasteiger partial charge in [0.05, 0.1) is 12.8 Å². The molecule has 0 radical (unpaired) electrons. The number of anilines is 1. The number of ether oxygens (including phenoxy) is 1. The second-order valence-corrected chi connectivity index (χ2v) is 4.60. The molecule has 0 fully saturated rings. The van der Waals surface area contributed by atoms with Gasteiger partial charge in [0.25, 0.3) is 0 Å². The van der Waals surface area contributed by atoms with E-state index in [1.807, 2.05) is 26.1 Å². The van der Waals surface area contributed by atoms with Crippen LogP contribution in [0.4, 0.5) is 5.69 Å². The van der Waals surface area contributed by atoms with Gasteiger partial charge in [0.1, 0.15) is 4.88 Å². The monoisotopic (exact) mass is 235 g/mol. The summed E-state index contributed by atoms with van der Waals surface area (Å²) in [5.74, 6) is -0.289. The molecule has 1 N–H and O–H groups in total. The van der Waals surface area contributed by atoms with Gasteiger partial charge in [0, 0.05) is 17.1 Å². The summed E-state index contributed by atoms with van der Waals surface area (Å²) in [6.07, 6.45) is 0. The number of esters is 1. The molecular weight excluding hydrogens is 222 g/mol. The van der Waals surface area contributed by atoms with E-state index in [2.05, 4.69) is 11.4 Å². The lowest BCUT2D eigenvalue weighted by atomic mass is 10.1. The average Bonchev–Trinajstić information content (AvgIpc) is 2.65. The molecule has 3 nitrogen and oxygen atoms in total. The van der Waals surface area contributed by atoms with Crippen LogP contribution in [0.1, 0.15) is 15.2 Å². The van der Waals surface area contributed by atoms with Gasteiger partial charge in [0.15, 0.2) is 0 Å². The number of carbonyl (C=O) groups is 1. The maximum absolute atomic E-state index is 11.6. The summed E-state index contributed by atoms with van der Waals surface area (Å²) < 4.78 is 5.86. The molecule has 0 unspecified atom stereocenters. The highest BCUT2D eigenvalue weighted by atomic mass is 32.1. The van der Waals surface area contributed by atoms with Crippen molar-refractivity contribution >= 4 is 33.1 Å². The van der Waals surface area contributed by atoms with Crippen LogP contribution >= 0.6 is 11.3 Å². The third-order valence-electron chi connectivity index (χ3n) is 2.46. The van der Waals surface area contributed by atoms with Crippen LogP contribution in [0.15, 0.2) is 18.2 Å². The maximum atomic E-state index is 11.6. The van der Waals surface area contributed by atoms with Gasteiger partial charge in [-0.25, -0.2) is 4.79 Å². The normalized spacial score (nSPS) is 10.4. The minimum atomic E-state index is -0.289. The van der Waals surface area contributed by atoms with Gasteiger partial charge in [0.2, 0.25) is 0 Å². The summed E-state index contributed by atoms with van der Waals surface area (Å²) >= 11 is 1.45. The summed E-state index contributed by atoms with van der Waals surface area (Å²) in [4.78, 5) is 12.2. The van der Waals surface area contributed by atoms with Crippen molar-refractivity contribution in [2.24, 2.45) is 0 Å². The molecule has 1 aromatic carbocycles. The van der Waals surface area contributed by atoms with Crippen molar-refractivity contribution in [3.8, 4) is 0 Å². The van der Waals surface area contributed by atoms with Gasteiger partial charge in [-0.1, -0.05) is 11.6 Å². The molecule has 0 aliphatic carbocycles. The fourth-order valence-electron chi connectivity index (χ4n) is 1.70. The number of nitrogens with one attached hydrogen (secondary N) is 1. The molecule has 1 heterocycles. The number of rotatable bonds is 2. The predicted octanol–water partition coefficient (Wildman–Crippen LogP) is 3.04. The largest absolute Gasteiger partial charge is 0.465 e. The molecule has 2 aromatic rings. The lowest BCUT2D eigenvalue weighted by Gasteiger charge is -2.01. The van der Waals surface area contributed by atoms with Crippen molar-refractivity contribution in [1.82, 2.24) is 0 Å². The number of aryl methyl sites for hydroxylation is 1. The topological polar surface area (TPSA) is 38.3 Å². The number of carbonyl (C=O) groups excluding carboxylic acids is 1. The Hall–Kier alpha value is -1.55. The zero-order chi connectivity index (χ0) is 11.7. The molecule has 0 saturated heterocycles. The van der Waals surface area contributed by atoms with E-state index in [1.165, 1.54) is 24.0 Å². The van der Waals surface area contributed by atoms with Crippen molar-refractivity contribution in [2.45, 2.75) is 6.92 Å². The molecule has 4 heteroatoms. The van der Waals surface area contributed by atoms with Gasteiger partial charge in [-0.15, -0.1) is 11.3 Å². The minimum absolute atomic E-state index is 0.289. The Labute approximate surface area is 98.0 Å². The van der Waals surface area contributed by atoms with Crippen LogP contribution < -0.4 is 5.32 Å². The highest BCUT2D eigenvalue weighted by Gasteiger charge is 2.17. The molecule has 1 aromatic heterocycles. The molecule has 0 saturated carbocycles. The number of hydrogen-bond acceptors (Lipinski definition) is 4. The van der Waals surface area contributed by atoms with Gasteiger partial charge >= 0.3 is 5.97 Å². The molecule has 0 spiro atoms. The second kappa shape index (κ2) is 4.14. The van der Waals surface area contributed by atoms with Crippen LogP contribution in [-0.4, -0.2) is 20.1 Å². The molecule has 0 aliphatic rings. The van der Waals surface area contributed by atoms with E-state index in [9.17, 15) is 4.79 Å².